The van der Waals surface area contributed by atoms with E-state index in [1.54, 1.807) is 22.7 Å². The summed E-state index contributed by atoms with van der Waals surface area (Å²) < 4.78 is 40.2. The van der Waals surface area contributed by atoms with E-state index in [1.165, 1.54) is 18.5 Å². The summed E-state index contributed by atoms with van der Waals surface area (Å²) in [6.07, 6.45) is 0.153. The molecule has 0 spiro atoms. The fourth-order valence-electron chi connectivity index (χ4n) is 2.15. The molecule has 3 aromatic rings. The molecule has 0 aromatic carbocycles. The number of halogens is 3. The minimum Gasteiger partial charge on any atom is -0.368 e. The second kappa shape index (κ2) is 4.97. The molecule has 5 nitrogen and oxygen atoms in total. The fraction of sp³-hybridized carbons (Fsp3) is 0.214. The van der Waals surface area contributed by atoms with E-state index in [-0.39, 0.29) is 11.5 Å². The highest BCUT2D eigenvalue weighted by atomic mass is 19.4. The van der Waals surface area contributed by atoms with Gasteiger partial charge in [0.15, 0.2) is 0 Å². The van der Waals surface area contributed by atoms with Crippen molar-refractivity contribution in [3.8, 4) is 11.4 Å². The van der Waals surface area contributed by atoms with Crippen LogP contribution in [0.25, 0.3) is 17.0 Å². The molecule has 0 bridgehead atoms. The number of nitrogens with two attached hydrogens (primary N) is 1. The van der Waals surface area contributed by atoms with E-state index in [9.17, 15) is 13.2 Å². The molecule has 0 aliphatic heterocycles. The highest BCUT2D eigenvalue weighted by Gasteiger charge is 2.37. The average molecular weight is 307 g/mol. The van der Waals surface area contributed by atoms with Crippen LogP contribution in [0.3, 0.4) is 0 Å². The maximum absolute atomic E-state index is 12.9. The van der Waals surface area contributed by atoms with Crippen molar-refractivity contribution in [2.75, 3.05) is 5.73 Å². The Labute approximate surface area is 123 Å². The van der Waals surface area contributed by atoms with Crippen LogP contribution in [0, 0.1) is 0 Å². The molecule has 0 radical (unpaired) electrons. The molecule has 0 amide bonds. The summed E-state index contributed by atoms with van der Waals surface area (Å²) in [6.45, 7) is 1.13. The van der Waals surface area contributed by atoms with Crippen LogP contribution in [0.15, 0.2) is 36.8 Å². The zero-order chi connectivity index (χ0) is 15.9. The Kier molecular flexibility index (Phi) is 3.23. The quantitative estimate of drug-likeness (QED) is 0.790. The molecule has 22 heavy (non-hydrogen) atoms. The number of fused-ring (bicyclic) bond motifs is 1. The lowest BCUT2D eigenvalue weighted by atomic mass is 10.0. The van der Waals surface area contributed by atoms with E-state index < -0.39 is 12.1 Å². The highest BCUT2D eigenvalue weighted by Crippen LogP contribution is 2.34. The molecule has 3 aromatic heterocycles. The van der Waals surface area contributed by atoms with Crippen molar-refractivity contribution >= 4 is 11.6 Å². The van der Waals surface area contributed by atoms with Gasteiger partial charge >= 0.3 is 6.18 Å². The van der Waals surface area contributed by atoms with Crippen LogP contribution in [-0.4, -0.2) is 25.5 Å². The van der Waals surface area contributed by atoms with E-state index >= 15 is 0 Å². The number of nitrogen functional groups attached to an aromatic ring is 1. The summed E-state index contributed by atoms with van der Waals surface area (Å²) in [4.78, 5) is 12.0. The number of rotatable bonds is 2. The molecule has 3 rings (SSSR count). The summed E-state index contributed by atoms with van der Waals surface area (Å²) in [6, 6.07) is 4.60. The molecular formula is C14H12F3N5. The molecule has 114 valence electrons. The van der Waals surface area contributed by atoms with Crippen LogP contribution in [0.1, 0.15) is 18.4 Å². The first-order chi connectivity index (χ1) is 10.4. The van der Waals surface area contributed by atoms with E-state index in [4.69, 9.17) is 5.73 Å². The molecular weight excluding hydrogens is 295 g/mol. The van der Waals surface area contributed by atoms with Gasteiger partial charge in [-0.15, -0.1) is 0 Å². The Bertz CT molecular complexity index is 825. The first kappa shape index (κ1) is 14.3. The Balaban J connectivity index is 2.14. The first-order valence-electron chi connectivity index (χ1n) is 6.49. The third kappa shape index (κ3) is 2.47. The lowest BCUT2D eigenvalue weighted by Crippen LogP contribution is -2.18. The van der Waals surface area contributed by atoms with E-state index in [0.29, 0.717) is 17.0 Å². The highest BCUT2D eigenvalue weighted by molar-refractivity contribution is 5.61. The molecule has 1 unspecified atom stereocenters. The van der Waals surface area contributed by atoms with Gasteiger partial charge in [-0.05, 0) is 24.6 Å². The number of anilines is 1. The lowest BCUT2D eigenvalue weighted by molar-refractivity contribution is -0.146. The number of alkyl halides is 3. The third-order valence-electron chi connectivity index (χ3n) is 3.46. The number of nitrogens with zero attached hydrogens (tertiary/aromatic N) is 4. The fourth-order valence-corrected chi connectivity index (χ4v) is 2.15. The molecule has 2 N–H and O–H groups in total. The largest absolute Gasteiger partial charge is 0.395 e. The van der Waals surface area contributed by atoms with Crippen molar-refractivity contribution in [1.82, 2.24) is 19.4 Å². The zero-order valence-electron chi connectivity index (χ0n) is 11.5. The van der Waals surface area contributed by atoms with Crippen LogP contribution in [0.5, 0.6) is 0 Å². The maximum Gasteiger partial charge on any atom is 0.395 e. The Morgan fingerprint density at radius 1 is 1.18 bits per heavy atom. The van der Waals surface area contributed by atoms with Gasteiger partial charge in [-0.2, -0.15) is 13.2 Å². The van der Waals surface area contributed by atoms with Crippen molar-refractivity contribution in [1.29, 1.82) is 0 Å². The number of imidazole rings is 1. The molecule has 0 saturated carbocycles. The Morgan fingerprint density at radius 2 is 1.95 bits per heavy atom. The van der Waals surface area contributed by atoms with Crippen LogP contribution < -0.4 is 5.73 Å². The normalized spacial score (nSPS) is 13.5. The number of pyridine rings is 1. The van der Waals surface area contributed by atoms with Crippen molar-refractivity contribution in [2.24, 2.45) is 0 Å². The van der Waals surface area contributed by atoms with E-state index in [0.717, 1.165) is 6.92 Å². The van der Waals surface area contributed by atoms with Crippen LogP contribution in [-0.2, 0) is 0 Å². The van der Waals surface area contributed by atoms with Gasteiger partial charge in [0.25, 0.3) is 0 Å². The van der Waals surface area contributed by atoms with Crippen molar-refractivity contribution < 1.29 is 13.2 Å². The lowest BCUT2D eigenvalue weighted by Gasteiger charge is -2.16. The van der Waals surface area contributed by atoms with Crippen molar-refractivity contribution in [3.63, 3.8) is 0 Å². The van der Waals surface area contributed by atoms with Gasteiger partial charge in [0, 0.05) is 12.4 Å². The summed E-state index contributed by atoms with van der Waals surface area (Å²) in [7, 11) is 0. The third-order valence-corrected chi connectivity index (χ3v) is 3.46. The maximum atomic E-state index is 12.9. The zero-order valence-corrected chi connectivity index (χ0v) is 11.5. The topological polar surface area (TPSA) is 69.1 Å². The molecule has 0 aliphatic rings. The van der Waals surface area contributed by atoms with Crippen LogP contribution >= 0.6 is 0 Å². The number of hydrogen-bond acceptors (Lipinski definition) is 4. The second-order valence-electron chi connectivity index (χ2n) is 4.90. The molecule has 0 fully saturated rings. The van der Waals surface area contributed by atoms with Gasteiger partial charge in [0.2, 0.25) is 5.95 Å². The first-order valence-corrected chi connectivity index (χ1v) is 6.49. The van der Waals surface area contributed by atoms with Crippen molar-refractivity contribution in [3.05, 3.63) is 42.4 Å². The van der Waals surface area contributed by atoms with Crippen molar-refractivity contribution in [2.45, 2.75) is 19.0 Å². The van der Waals surface area contributed by atoms with Crippen LogP contribution in [0.4, 0.5) is 19.1 Å². The predicted octanol–water partition coefficient (Wildman–Crippen LogP) is 3.04. The Morgan fingerprint density at radius 3 is 2.64 bits per heavy atom. The minimum atomic E-state index is -4.30. The van der Waals surface area contributed by atoms with E-state index in [1.807, 2.05) is 0 Å². The SMILES string of the molecule is CC(c1ccc2ncc(-c3ccnc(N)n3)n2c1)C(F)(F)F. The summed E-state index contributed by atoms with van der Waals surface area (Å²) in [5.74, 6) is -1.48. The number of aromatic nitrogens is 4. The smallest absolute Gasteiger partial charge is 0.368 e. The summed E-state index contributed by atoms with van der Waals surface area (Å²) in [5, 5.41) is 0. The molecule has 3 heterocycles. The summed E-state index contributed by atoms with van der Waals surface area (Å²) >= 11 is 0. The van der Waals surface area contributed by atoms with Crippen LogP contribution in [0.2, 0.25) is 0 Å². The second-order valence-corrected chi connectivity index (χ2v) is 4.90. The average Bonchev–Trinajstić information content (AvgIpc) is 2.88. The minimum absolute atomic E-state index is 0.0901. The van der Waals surface area contributed by atoms with Gasteiger partial charge in [-0.25, -0.2) is 15.0 Å². The van der Waals surface area contributed by atoms with Gasteiger partial charge in [0.05, 0.1) is 23.5 Å². The monoisotopic (exact) mass is 307 g/mol. The van der Waals surface area contributed by atoms with Gasteiger partial charge in [-0.1, -0.05) is 6.07 Å². The molecule has 0 saturated heterocycles. The molecule has 8 heteroatoms. The van der Waals surface area contributed by atoms with Gasteiger partial charge in [0.1, 0.15) is 5.65 Å². The predicted molar refractivity (Wildman–Crippen MR) is 75.1 cm³/mol. The van der Waals surface area contributed by atoms with Gasteiger partial charge in [-0.3, -0.25) is 4.40 Å². The number of hydrogen-bond donors (Lipinski definition) is 1. The van der Waals surface area contributed by atoms with Gasteiger partial charge < -0.3 is 5.73 Å². The van der Waals surface area contributed by atoms with E-state index in [2.05, 4.69) is 15.0 Å². The standard InChI is InChI=1S/C14H12F3N5/c1-8(14(15,16)17)9-2-3-12-20-6-11(22(12)7-9)10-4-5-19-13(18)21-10/h2-8H,1H3,(H2,18,19,21). The molecule has 0 aliphatic carbocycles. The summed E-state index contributed by atoms with van der Waals surface area (Å²) in [5.41, 5.74) is 7.28. The Hall–Kier alpha value is -2.64. The molecule has 1 atom stereocenters.